The van der Waals surface area contributed by atoms with Crippen LogP contribution >= 0.6 is 0 Å². The molecular formula is C24H49KO4S. The minimum absolute atomic E-state index is 0. The van der Waals surface area contributed by atoms with Gasteiger partial charge in [0.1, 0.15) is 0 Å². The van der Waals surface area contributed by atoms with Crippen molar-refractivity contribution in [2.75, 3.05) is 0 Å². The molecule has 4 nitrogen and oxygen atoms in total. The Bertz CT molecular complexity index is 442. The summed E-state index contributed by atoms with van der Waals surface area (Å²) in [4.78, 5) is 0. The van der Waals surface area contributed by atoms with Crippen LogP contribution in [0.2, 0.25) is 0 Å². The fourth-order valence-corrected chi connectivity index (χ4v) is 4.91. The molecule has 0 radical (unpaired) electrons. The molecule has 0 amide bonds. The third-order valence-corrected chi connectivity index (χ3v) is 7.28. The summed E-state index contributed by atoms with van der Waals surface area (Å²) in [5.74, 6) is 0. The number of hydrogen-bond acceptors (Lipinski definition) is 4. The van der Waals surface area contributed by atoms with Crippen molar-refractivity contribution < 1.29 is 69.5 Å². The van der Waals surface area contributed by atoms with Gasteiger partial charge in [-0.2, -0.15) is 0 Å². The zero-order valence-corrected chi connectivity index (χ0v) is 24.3. The van der Waals surface area contributed by atoms with E-state index >= 15 is 0 Å². The molecule has 2 unspecified atom stereocenters. The molecule has 30 heavy (non-hydrogen) atoms. The number of rotatable bonds is 22. The maximum absolute atomic E-state index is 11.5. The van der Waals surface area contributed by atoms with E-state index < -0.39 is 15.4 Å². The molecule has 0 aliphatic rings. The van der Waals surface area contributed by atoms with Crippen molar-refractivity contribution in [1.82, 2.24) is 0 Å². The number of aliphatic hydroxyl groups is 1. The van der Waals surface area contributed by atoms with Crippen LogP contribution in [0.3, 0.4) is 0 Å². The van der Waals surface area contributed by atoms with Gasteiger partial charge in [0, 0.05) is 5.25 Å². The third kappa shape index (κ3) is 22.7. The molecule has 0 spiro atoms. The van der Waals surface area contributed by atoms with Crippen molar-refractivity contribution in [2.45, 2.75) is 154 Å². The fraction of sp³-hybridized carbons (Fsp3) is 1.00. The van der Waals surface area contributed by atoms with Crippen molar-refractivity contribution in [3.63, 3.8) is 0 Å². The van der Waals surface area contributed by atoms with E-state index in [4.69, 9.17) is 0 Å². The Morgan fingerprint density at radius 1 is 0.600 bits per heavy atom. The van der Waals surface area contributed by atoms with Crippen molar-refractivity contribution in [3.8, 4) is 0 Å². The van der Waals surface area contributed by atoms with E-state index in [1.54, 1.807) is 0 Å². The van der Waals surface area contributed by atoms with Crippen LogP contribution in [0, 0.1) is 0 Å². The summed E-state index contributed by atoms with van der Waals surface area (Å²) in [5, 5.41) is 9.37. The first kappa shape index (κ1) is 33.7. The van der Waals surface area contributed by atoms with Gasteiger partial charge in [0.15, 0.2) is 0 Å². The van der Waals surface area contributed by atoms with E-state index in [2.05, 4.69) is 13.8 Å². The maximum Gasteiger partial charge on any atom is 1.00 e. The normalized spacial score (nSPS) is 13.7. The molecule has 1 N–H and O–H groups in total. The molecule has 0 aromatic rings. The molecule has 0 heterocycles. The quantitative estimate of drug-likeness (QED) is 0.146. The van der Waals surface area contributed by atoms with Crippen LogP contribution in [-0.4, -0.2) is 29.4 Å². The number of aliphatic hydroxyl groups excluding tert-OH is 1. The Kier molecular flexibility index (Phi) is 26.6. The summed E-state index contributed by atoms with van der Waals surface area (Å²) in [6.45, 7) is 4.40. The topological polar surface area (TPSA) is 77.4 Å². The second-order valence-electron chi connectivity index (χ2n) is 8.87. The van der Waals surface area contributed by atoms with Gasteiger partial charge in [0.2, 0.25) is 0 Å². The molecule has 0 saturated carbocycles. The predicted molar refractivity (Wildman–Crippen MR) is 123 cm³/mol. The molecule has 0 aliphatic carbocycles. The summed E-state index contributed by atoms with van der Waals surface area (Å²) < 4.78 is 34.5. The molecule has 176 valence electrons. The Morgan fingerprint density at radius 2 is 0.900 bits per heavy atom. The van der Waals surface area contributed by atoms with Crippen molar-refractivity contribution in [1.29, 1.82) is 0 Å². The van der Waals surface area contributed by atoms with E-state index in [9.17, 15) is 18.1 Å². The van der Waals surface area contributed by atoms with Crippen LogP contribution in [0.5, 0.6) is 0 Å². The summed E-state index contributed by atoms with van der Waals surface area (Å²) >= 11 is 0. The standard InChI is InChI=1S/C24H50O4S.K/c1-3-5-7-9-11-12-15-19-23(25)20-16-14-18-22-24(29(26,27)28)21-17-13-10-8-6-4-2;/h23-25H,3-22H2,1-2H3,(H,26,27,28);/q;+1/p-1. The van der Waals surface area contributed by atoms with E-state index in [-0.39, 0.29) is 57.5 Å². The Hall–Kier alpha value is 1.51. The molecule has 0 bridgehead atoms. The summed E-state index contributed by atoms with van der Waals surface area (Å²) in [6.07, 6.45) is 20.5. The maximum atomic E-state index is 11.5. The van der Waals surface area contributed by atoms with Gasteiger partial charge in [-0.05, 0) is 25.7 Å². The van der Waals surface area contributed by atoms with Gasteiger partial charge in [0.05, 0.1) is 16.2 Å². The molecule has 0 fully saturated rings. The van der Waals surface area contributed by atoms with E-state index in [1.165, 1.54) is 57.8 Å². The van der Waals surface area contributed by atoms with E-state index in [0.29, 0.717) is 12.8 Å². The first-order chi connectivity index (χ1) is 13.9. The zero-order chi connectivity index (χ0) is 21.8. The van der Waals surface area contributed by atoms with Gasteiger partial charge in [-0.1, -0.05) is 117 Å². The van der Waals surface area contributed by atoms with Crippen molar-refractivity contribution in [3.05, 3.63) is 0 Å². The van der Waals surface area contributed by atoms with Crippen LogP contribution in [0.15, 0.2) is 0 Å². The first-order valence-electron chi connectivity index (χ1n) is 12.5. The van der Waals surface area contributed by atoms with Gasteiger partial charge in [-0.15, -0.1) is 0 Å². The van der Waals surface area contributed by atoms with Crippen LogP contribution in [0.4, 0.5) is 0 Å². The molecular weight excluding hydrogens is 423 g/mol. The Morgan fingerprint density at radius 3 is 1.27 bits per heavy atom. The van der Waals surface area contributed by atoms with Gasteiger partial charge in [0.25, 0.3) is 0 Å². The second kappa shape index (κ2) is 23.7. The Balaban J connectivity index is 0. The van der Waals surface area contributed by atoms with Gasteiger partial charge >= 0.3 is 51.4 Å². The number of unbranched alkanes of at least 4 members (excludes halogenated alkanes) is 13. The second-order valence-corrected chi connectivity index (χ2v) is 10.5. The van der Waals surface area contributed by atoms with Gasteiger partial charge < -0.3 is 9.66 Å². The summed E-state index contributed by atoms with van der Waals surface area (Å²) in [6, 6.07) is 0. The molecule has 0 aromatic heterocycles. The predicted octanol–water partition coefficient (Wildman–Crippen LogP) is 4.11. The van der Waals surface area contributed by atoms with Crippen molar-refractivity contribution in [2.24, 2.45) is 0 Å². The van der Waals surface area contributed by atoms with Crippen LogP contribution in [-0.2, 0) is 10.1 Å². The van der Waals surface area contributed by atoms with Crippen LogP contribution in [0.1, 0.15) is 142 Å². The molecule has 2 atom stereocenters. The minimum Gasteiger partial charge on any atom is -0.748 e. The van der Waals surface area contributed by atoms with Crippen LogP contribution < -0.4 is 51.4 Å². The van der Waals surface area contributed by atoms with Crippen LogP contribution in [0.25, 0.3) is 0 Å². The molecule has 0 rings (SSSR count). The molecule has 0 saturated heterocycles. The minimum atomic E-state index is -4.19. The van der Waals surface area contributed by atoms with Gasteiger partial charge in [-0.25, -0.2) is 8.42 Å². The largest absolute Gasteiger partial charge is 1.00 e. The zero-order valence-electron chi connectivity index (χ0n) is 20.4. The first-order valence-corrected chi connectivity index (χ1v) is 14.0. The molecule has 6 heteroatoms. The average Bonchev–Trinajstić information content (AvgIpc) is 2.67. The van der Waals surface area contributed by atoms with Crippen molar-refractivity contribution >= 4 is 10.1 Å². The van der Waals surface area contributed by atoms with E-state index in [0.717, 1.165) is 57.8 Å². The number of hydrogen-bond donors (Lipinski definition) is 1. The third-order valence-electron chi connectivity index (χ3n) is 5.99. The van der Waals surface area contributed by atoms with Gasteiger partial charge in [-0.3, -0.25) is 0 Å². The summed E-state index contributed by atoms with van der Waals surface area (Å²) in [7, 11) is -4.19. The monoisotopic (exact) mass is 472 g/mol. The fourth-order valence-electron chi connectivity index (χ4n) is 4.00. The average molecular weight is 473 g/mol. The summed E-state index contributed by atoms with van der Waals surface area (Å²) in [5.41, 5.74) is 0. The smallest absolute Gasteiger partial charge is 0.748 e. The Labute approximate surface area is 230 Å². The SMILES string of the molecule is CCCCCCCCCC(O)CCCCCC(CCCCCCCC)S(=O)(=O)[O-].[K+]. The van der Waals surface area contributed by atoms with E-state index in [1.807, 2.05) is 0 Å². The molecule has 0 aromatic carbocycles. The molecule has 0 aliphatic heterocycles.